The summed E-state index contributed by atoms with van der Waals surface area (Å²) in [6.45, 7) is 1.20. The smallest absolute Gasteiger partial charge is 0.195 e. The number of Topliss-reactive ketones (excluding diaryl/α,β-unsaturated/α-hetero) is 1. The molecule has 90 valence electrons. The summed E-state index contributed by atoms with van der Waals surface area (Å²) in [6, 6.07) is 0. The number of ether oxygens (including phenoxy) is 2. The molecule has 0 unspecified atom stereocenters. The first-order chi connectivity index (χ1) is 8.10. The molecule has 1 saturated heterocycles. The number of carbonyl (C=O) groups is 1. The maximum atomic E-state index is 12.2. The number of hydrogen-bond donors (Lipinski definition) is 0. The number of rotatable bonds is 0. The van der Waals surface area contributed by atoms with Crippen molar-refractivity contribution in [3.05, 3.63) is 22.7 Å². The first kappa shape index (κ1) is 10.9. The standard InChI is InChI=1S/C12H10Br2O3/c13-8-5-7-9(10(8)15)6-1-2-11(7,14)12(6)16-3-4-17-12/h1-2,5-7,9H,3-4H2/t6-,7-,9+,11-/m0/s1. The molecule has 4 rings (SSSR count). The van der Waals surface area contributed by atoms with E-state index in [4.69, 9.17) is 9.47 Å². The highest BCUT2D eigenvalue weighted by Crippen LogP contribution is 2.67. The van der Waals surface area contributed by atoms with E-state index in [2.05, 4.69) is 44.0 Å². The number of ketones is 1. The zero-order valence-electron chi connectivity index (χ0n) is 8.86. The highest BCUT2D eigenvalue weighted by atomic mass is 79.9. The molecule has 1 aliphatic heterocycles. The Labute approximate surface area is 115 Å². The number of fused-ring (bicyclic) bond motifs is 3. The Morgan fingerprint density at radius 1 is 1.29 bits per heavy atom. The van der Waals surface area contributed by atoms with E-state index in [1.54, 1.807) is 0 Å². The third kappa shape index (κ3) is 1.01. The van der Waals surface area contributed by atoms with Crippen LogP contribution in [0.2, 0.25) is 0 Å². The van der Waals surface area contributed by atoms with Crippen LogP contribution in [-0.2, 0) is 14.3 Å². The molecular weight excluding hydrogens is 352 g/mol. The first-order valence-corrected chi connectivity index (χ1v) is 7.26. The van der Waals surface area contributed by atoms with E-state index < -0.39 is 10.1 Å². The number of allylic oxidation sites excluding steroid dienone is 2. The lowest BCUT2D eigenvalue weighted by Gasteiger charge is -2.35. The fourth-order valence-corrected chi connectivity index (χ4v) is 5.33. The van der Waals surface area contributed by atoms with Gasteiger partial charge in [-0.15, -0.1) is 0 Å². The van der Waals surface area contributed by atoms with Crippen molar-refractivity contribution in [3.8, 4) is 0 Å². The first-order valence-electron chi connectivity index (χ1n) is 5.68. The molecule has 0 amide bonds. The summed E-state index contributed by atoms with van der Waals surface area (Å²) in [5.41, 5.74) is 0. The fourth-order valence-electron chi connectivity index (χ4n) is 3.72. The van der Waals surface area contributed by atoms with Gasteiger partial charge in [0.25, 0.3) is 0 Å². The van der Waals surface area contributed by atoms with Crippen molar-refractivity contribution in [3.63, 3.8) is 0 Å². The zero-order chi connectivity index (χ0) is 11.8. The van der Waals surface area contributed by atoms with Gasteiger partial charge >= 0.3 is 0 Å². The van der Waals surface area contributed by atoms with Gasteiger partial charge in [-0.2, -0.15) is 0 Å². The lowest BCUT2D eigenvalue weighted by Crippen LogP contribution is -2.48. The molecule has 0 N–H and O–H groups in total. The Bertz CT molecular complexity index is 478. The second kappa shape index (κ2) is 3.13. The van der Waals surface area contributed by atoms with Gasteiger partial charge in [0.05, 0.1) is 17.7 Å². The minimum Gasteiger partial charge on any atom is -0.345 e. The van der Waals surface area contributed by atoms with E-state index in [1.165, 1.54) is 0 Å². The molecule has 1 heterocycles. The van der Waals surface area contributed by atoms with Crippen LogP contribution in [0.3, 0.4) is 0 Å². The Hall–Kier alpha value is 0.0300. The van der Waals surface area contributed by atoms with Gasteiger partial charge in [0, 0.05) is 17.8 Å². The molecule has 1 spiro atoms. The van der Waals surface area contributed by atoms with Crippen molar-refractivity contribution in [2.75, 3.05) is 13.2 Å². The quantitative estimate of drug-likeness (QED) is 0.490. The molecule has 0 radical (unpaired) electrons. The van der Waals surface area contributed by atoms with Gasteiger partial charge in [0.1, 0.15) is 4.32 Å². The van der Waals surface area contributed by atoms with Gasteiger partial charge in [-0.25, -0.2) is 0 Å². The molecule has 2 fully saturated rings. The molecule has 0 aromatic carbocycles. The number of carbonyl (C=O) groups excluding carboxylic acids is 1. The van der Waals surface area contributed by atoms with Crippen LogP contribution >= 0.6 is 31.9 Å². The largest absolute Gasteiger partial charge is 0.345 e. The molecule has 17 heavy (non-hydrogen) atoms. The Balaban J connectivity index is 1.89. The second-order valence-corrected chi connectivity index (χ2v) is 7.11. The van der Waals surface area contributed by atoms with Crippen LogP contribution in [0, 0.1) is 17.8 Å². The van der Waals surface area contributed by atoms with Gasteiger partial charge < -0.3 is 9.47 Å². The van der Waals surface area contributed by atoms with Gasteiger partial charge in [-0.05, 0) is 15.9 Å². The Kier molecular flexibility index (Phi) is 2.01. The van der Waals surface area contributed by atoms with Gasteiger partial charge in [-0.1, -0.05) is 34.2 Å². The Morgan fingerprint density at radius 3 is 2.65 bits per heavy atom. The highest BCUT2D eigenvalue weighted by Gasteiger charge is 2.75. The molecule has 2 bridgehead atoms. The lowest BCUT2D eigenvalue weighted by atomic mass is 9.85. The van der Waals surface area contributed by atoms with Crippen molar-refractivity contribution in [1.29, 1.82) is 0 Å². The SMILES string of the molecule is O=C1C(Br)=C[C@H]2[C@H]1[C@@H]1C=C[C@@]2(Br)C12OCCO2. The predicted octanol–water partition coefficient (Wildman–Crippen LogP) is 2.16. The van der Waals surface area contributed by atoms with Crippen molar-refractivity contribution in [2.45, 2.75) is 10.1 Å². The number of halogens is 2. The third-order valence-electron chi connectivity index (χ3n) is 4.36. The molecule has 0 aromatic rings. The zero-order valence-corrected chi connectivity index (χ0v) is 12.0. The van der Waals surface area contributed by atoms with Crippen molar-refractivity contribution >= 4 is 37.6 Å². The van der Waals surface area contributed by atoms with E-state index in [0.29, 0.717) is 17.7 Å². The highest BCUT2D eigenvalue weighted by molar-refractivity contribution is 9.12. The summed E-state index contributed by atoms with van der Waals surface area (Å²) >= 11 is 7.12. The van der Waals surface area contributed by atoms with Crippen LogP contribution in [0.25, 0.3) is 0 Å². The summed E-state index contributed by atoms with van der Waals surface area (Å²) in [7, 11) is 0. The van der Waals surface area contributed by atoms with Crippen molar-refractivity contribution < 1.29 is 14.3 Å². The van der Waals surface area contributed by atoms with Crippen LogP contribution in [0.5, 0.6) is 0 Å². The van der Waals surface area contributed by atoms with E-state index in [9.17, 15) is 4.79 Å². The average Bonchev–Trinajstić information content (AvgIpc) is 2.99. The van der Waals surface area contributed by atoms with E-state index in [0.717, 1.165) is 0 Å². The molecule has 1 saturated carbocycles. The summed E-state index contributed by atoms with van der Waals surface area (Å²) in [5, 5.41) is 0. The molecule has 3 nitrogen and oxygen atoms in total. The van der Waals surface area contributed by atoms with Crippen molar-refractivity contribution in [1.82, 2.24) is 0 Å². The molecule has 3 aliphatic carbocycles. The predicted molar refractivity (Wildman–Crippen MR) is 67.9 cm³/mol. The average molecular weight is 362 g/mol. The number of hydrogen-bond acceptors (Lipinski definition) is 3. The van der Waals surface area contributed by atoms with E-state index in [1.807, 2.05) is 6.08 Å². The molecule has 4 atom stereocenters. The Morgan fingerprint density at radius 2 is 2.00 bits per heavy atom. The van der Waals surface area contributed by atoms with Gasteiger partial charge in [0.2, 0.25) is 0 Å². The topological polar surface area (TPSA) is 35.5 Å². The summed E-state index contributed by atoms with van der Waals surface area (Å²) in [4.78, 5) is 12.2. The van der Waals surface area contributed by atoms with Crippen LogP contribution in [0.1, 0.15) is 0 Å². The van der Waals surface area contributed by atoms with E-state index in [-0.39, 0.29) is 23.5 Å². The summed E-state index contributed by atoms with van der Waals surface area (Å²) in [5.74, 6) is -0.399. The normalized spacial score (nSPS) is 49.2. The number of alkyl halides is 1. The summed E-state index contributed by atoms with van der Waals surface area (Å²) < 4.78 is 12.1. The molecular formula is C12H10Br2O3. The molecule has 5 heteroatoms. The minimum absolute atomic E-state index is 0.0215. The van der Waals surface area contributed by atoms with Crippen LogP contribution in [0.4, 0.5) is 0 Å². The summed E-state index contributed by atoms with van der Waals surface area (Å²) in [6.07, 6.45) is 6.16. The minimum atomic E-state index is -0.664. The van der Waals surface area contributed by atoms with E-state index >= 15 is 0 Å². The van der Waals surface area contributed by atoms with Crippen LogP contribution in [-0.4, -0.2) is 29.1 Å². The van der Waals surface area contributed by atoms with Crippen LogP contribution < -0.4 is 0 Å². The van der Waals surface area contributed by atoms with Crippen LogP contribution in [0.15, 0.2) is 22.7 Å². The maximum Gasteiger partial charge on any atom is 0.195 e. The molecule has 4 aliphatic rings. The lowest BCUT2D eigenvalue weighted by molar-refractivity contribution is -0.177. The third-order valence-corrected chi connectivity index (χ3v) is 6.36. The maximum absolute atomic E-state index is 12.2. The second-order valence-electron chi connectivity index (χ2n) is 4.95. The monoisotopic (exact) mass is 360 g/mol. The fraction of sp³-hybridized carbons (Fsp3) is 0.583. The van der Waals surface area contributed by atoms with Gasteiger partial charge in [-0.3, -0.25) is 4.79 Å². The molecule has 0 aromatic heterocycles. The van der Waals surface area contributed by atoms with Crippen molar-refractivity contribution in [2.24, 2.45) is 17.8 Å². The van der Waals surface area contributed by atoms with Gasteiger partial charge in [0.15, 0.2) is 11.6 Å².